The summed E-state index contributed by atoms with van der Waals surface area (Å²) in [7, 11) is -0.00909. The van der Waals surface area contributed by atoms with Crippen LogP contribution >= 0.6 is 0 Å². The molecule has 0 saturated heterocycles. The van der Waals surface area contributed by atoms with Gasteiger partial charge in [0.15, 0.2) is 11.5 Å². The first kappa shape index (κ1) is 22.1. The van der Waals surface area contributed by atoms with Crippen molar-refractivity contribution < 1.29 is 31.4 Å². The number of methoxy groups -OCH3 is 3. The van der Waals surface area contributed by atoms with E-state index in [4.69, 9.17) is 14.2 Å². The number of hydrogen-bond donors (Lipinski definition) is 0. The third-order valence-corrected chi connectivity index (χ3v) is 7.36. The third kappa shape index (κ3) is 3.59. The second-order valence-corrected chi connectivity index (χ2v) is 9.04. The first-order chi connectivity index (χ1) is 15.3. The minimum atomic E-state index is -4.40. The molecule has 1 unspecified atom stereocenters. The SMILES string of the molecule is COc1cc(C2c3cccn3CCN2S(=O)(=O)c2cc(F)ccc2F)cc(OC)c1OC. The zero-order valence-corrected chi connectivity index (χ0v) is 18.5. The largest absolute Gasteiger partial charge is 0.493 e. The number of nitrogens with zero attached hydrogens (tertiary/aromatic N) is 2. The molecule has 2 heterocycles. The van der Waals surface area contributed by atoms with E-state index >= 15 is 0 Å². The van der Waals surface area contributed by atoms with Crippen LogP contribution in [0.1, 0.15) is 17.3 Å². The van der Waals surface area contributed by atoms with Crippen LogP contribution in [0.15, 0.2) is 53.6 Å². The van der Waals surface area contributed by atoms with Crippen LogP contribution in [-0.4, -0.2) is 45.2 Å². The number of sulfonamides is 1. The molecule has 1 atom stereocenters. The summed E-state index contributed by atoms with van der Waals surface area (Å²) < 4.78 is 74.7. The van der Waals surface area contributed by atoms with E-state index in [1.54, 1.807) is 24.3 Å². The lowest BCUT2D eigenvalue weighted by molar-refractivity contribution is 0.292. The number of halogens is 2. The molecule has 0 amide bonds. The molecule has 1 aliphatic rings. The Morgan fingerprint density at radius 2 is 1.62 bits per heavy atom. The van der Waals surface area contributed by atoms with Crippen molar-refractivity contribution in [3.63, 3.8) is 0 Å². The van der Waals surface area contributed by atoms with E-state index < -0.39 is 32.6 Å². The van der Waals surface area contributed by atoms with Crippen LogP contribution in [-0.2, 0) is 16.6 Å². The van der Waals surface area contributed by atoms with Crippen LogP contribution in [0.4, 0.5) is 8.78 Å². The van der Waals surface area contributed by atoms with E-state index in [0.717, 1.165) is 12.1 Å². The van der Waals surface area contributed by atoms with Crippen LogP contribution < -0.4 is 14.2 Å². The van der Waals surface area contributed by atoms with Crippen LogP contribution in [0.2, 0.25) is 0 Å². The molecule has 4 rings (SSSR count). The molecular weight excluding hydrogens is 442 g/mol. The van der Waals surface area contributed by atoms with E-state index in [9.17, 15) is 17.2 Å². The maximum Gasteiger partial charge on any atom is 0.247 e. The second kappa shape index (κ2) is 8.44. The first-order valence-electron chi connectivity index (χ1n) is 9.73. The molecule has 0 aliphatic carbocycles. The maximum absolute atomic E-state index is 14.5. The lowest BCUT2D eigenvalue weighted by Crippen LogP contribution is -2.42. The van der Waals surface area contributed by atoms with Gasteiger partial charge >= 0.3 is 0 Å². The van der Waals surface area contributed by atoms with Crippen LogP contribution in [0.3, 0.4) is 0 Å². The van der Waals surface area contributed by atoms with Crippen LogP contribution in [0.5, 0.6) is 17.2 Å². The van der Waals surface area contributed by atoms with Crippen LogP contribution in [0, 0.1) is 11.6 Å². The van der Waals surface area contributed by atoms with E-state index in [2.05, 4.69) is 0 Å². The summed E-state index contributed by atoms with van der Waals surface area (Å²) in [6, 6.07) is 8.45. The standard InChI is InChI=1S/C22H22F2N2O5S/c1-29-18-11-14(12-19(30-2)22(18)31-3)21-17-5-4-8-25(17)9-10-26(21)32(27,28)20-13-15(23)6-7-16(20)24/h4-8,11-13,21H,9-10H2,1-3H3. The van der Waals surface area contributed by atoms with Crippen molar-refractivity contribution in [2.24, 2.45) is 0 Å². The molecule has 0 fully saturated rings. The minimum Gasteiger partial charge on any atom is -0.493 e. The molecule has 7 nitrogen and oxygen atoms in total. The average molecular weight is 464 g/mol. The molecule has 1 aromatic heterocycles. The molecule has 170 valence electrons. The van der Waals surface area contributed by atoms with Gasteiger partial charge < -0.3 is 18.8 Å². The lowest BCUT2D eigenvalue weighted by atomic mass is 10.0. The summed E-state index contributed by atoms with van der Waals surface area (Å²) >= 11 is 0. The molecule has 10 heteroatoms. The zero-order valence-electron chi connectivity index (χ0n) is 17.7. The Morgan fingerprint density at radius 3 is 2.25 bits per heavy atom. The summed E-state index contributed by atoms with van der Waals surface area (Å²) in [4.78, 5) is -0.713. The van der Waals surface area contributed by atoms with E-state index in [0.29, 0.717) is 41.1 Å². The molecule has 3 aromatic rings. The highest BCUT2D eigenvalue weighted by molar-refractivity contribution is 7.89. The van der Waals surface area contributed by atoms with Crippen molar-refractivity contribution in [3.05, 3.63) is 71.6 Å². The van der Waals surface area contributed by atoms with Crippen molar-refractivity contribution in [3.8, 4) is 17.2 Å². The Morgan fingerprint density at radius 1 is 0.938 bits per heavy atom. The molecule has 0 N–H and O–H groups in total. The van der Waals surface area contributed by atoms with Crippen molar-refractivity contribution >= 4 is 10.0 Å². The monoisotopic (exact) mass is 464 g/mol. The van der Waals surface area contributed by atoms with Crippen molar-refractivity contribution in [2.45, 2.75) is 17.5 Å². The number of hydrogen-bond acceptors (Lipinski definition) is 5. The Hall–Kier alpha value is -3.11. The summed E-state index contributed by atoms with van der Waals surface area (Å²) in [5, 5.41) is 0. The number of fused-ring (bicyclic) bond motifs is 1. The van der Waals surface area contributed by atoms with Gasteiger partial charge in [0, 0.05) is 25.0 Å². The fraction of sp³-hybridized carbons (Fsp3) is 0.273. The summed E-state index contributed by atoms with van der Waals surface area (Å²) in [6.07, 6.45) is 1.84. The number of benzene rings is 2. The van der Waals surface area contributed by atoms with E-state index in [1.165, 1.54) is 25.6 Å². The molecule has 1 aliphatic heterocycles. The number of ether oxygens (including phenoxy) is 3. The highest BCUT2D eigenvalue weighted by Gasteiger charge is 2.39. The second-order valence-electron chi connectivity index (χ2n) is 7.18. The van der Waals surface area contributed by atoms with Crippen molar-refractivity contribution in [1.29, 1.82) is 0 Å². The summed E-state index contributed by atoms with van der Waals surface area (Å²) in [6.45, 7) is 0.417. The zero-order chi connectivity index (χ0) is 23.0. The topological polar surface area (TPSA) is 70.0 Å². The van der Waals surface area contributed by atoms with Gasteiger partial charge in [0.25, 0.3) is 0 Å². The van der Waals surface area contributed by atoms with Gasteiger partial charge in [-0.25, -0.2) is 17.2 Å². The lowest BCUT2D eigenvalue weighted by Gasteiger charge is -2.36. The fourth-order valence-electron chi connectivity index (χ4n) is 4.02. The fourth-order valence-corrected chi connectivity index (χ4v) is 5.68. The molecule has 0 saturated carbocycles. The van der Waals surface area contributed by atoms with Gasteiger partial charge in [-0.2, -0.15) is 4.31 Å². The highest BCUT2D eigenvalue weighted by Crippen LogP contribution is 2.44. The van der Waals surface area contributed by atoms with Crippen LogP contribution in [0.25, 0.3) is 0 Å². The minimum absolute atomic E-state index is 0.0568. The Kier molecular flexibility index (Phi) is 5.83. The number of rotatable bonds is 6. The predicted molar refractivity (Wildman–Crippen MR) is 113 cm³/mol. The summed E-state index contributed by atoms with van der Waals surface area (Å²) in [5.41, 5.74) is 1.20. The molecule has 2 aromatic carbocycles. The smallest absolute Gasteiger partial charge is 0.247 e. The normalized spacial score (nSPS) is 16.5. The molecule has 0 bridgehead atoms. The van der Waals surface area contributed by atoms with Gasteiger partial charge in [-0.05, 0) is 48.0 Å². The maximum atomic E-state index is 14.5. The Bertz CT molecular complexity index is 1230. The van der Waals surface area contributed by atoms with Gasteiger partial charge in [0.1, 0.15) is 16.5 Å². The van der Waals surface area contributed by atoms with Gasteiger partial charge in [-0.15, -0.1) is 0 Å². The molecule has 0 radical (unpaired) electrons. The van der Waals surface area contributed by atoms with Crippen molar-refractivity contribution in [2.75, 3.05) is 27.9 Å². The molecule has 32 heavy (non-hydrogen) atoms. The molecule has 0 spiro atoms. The quantitative estimate of drug-likeness (QED) is 0.558. The van der Waals surface area contributed by atoms with E-state index in [1.807, 2.05) is 10.8 Å². The molecular formula is C22H22F2N2O5S. The Balaban J connectivity index is 1.93. The Labute approximate surface area is 184 Å². The van der Waals surface area contributed by atoms with Gasteiger partial charge in [-0.1, -0.05) is 0 Å². The van der Waals surface area contributed by atoms with Gasteiger partial charge in [0.2, 0.25) is 15.8 Å². The van der Waals surface area contributed by atoms with Crippen molar-refractivity contribution in [1.82, 2.24) is 8.87 Å². The van der Waals surface area contributed by atoms with E-state index in [-0.39, 0.29) is 6.54 Å². The number of aromatic nitrogens is 1. The van der Waals surface area contributed by atoms with Gasteiger partial charge in [-0.3, -0.25) is 0 Å². The average Bonchev–Trinajstić information content (AvgIpc) is 3.27. The highest BCUT2D eigenvalue weighted by atomic mass is 32.2. The summed E-state index contributed by atoms with van der Waals surface area (Å²) in [5.74, 6) is -0.805. The first-order valence-corrected chi connectivity index (χ1v) is 11.2. The third-order valence-electron chi connectivity index (χ3n) is 5.48. The predicted octanol–water partition coefficient (Wildman–Crippen LogP) is 3.59. The van der Waals surface area contributed by atoms with Gasteiger partial charge in [0.05, 0.1) is 27.4 Å².